The summed E-state index contributed by atoms with van der Waals surface area (Å²) in [6.45, 7) is 5.23. The molecule has 1 heterocycles. The van der Waals surface area contributed by atoms with Crippen molar-refractivity contribution < 1.29 is 0 Å². The third kappa shape index (κ3) is 3.86. The van der Waals surface area contributed by atoms with Crippen molar-refractivity contribution >= 4 is 54.8 Å². The Morgan fingerprint density at radius 1 is 1.25 bits per heavy atom. The largest absolute Gasteiger partial charge is 0.306 e. The van der Waals surface area contributed by atoms with E-state index in [1.165, 1.54) is 16.0 Å². The minimum Gasteiger partial charge on any atom is -0.306 e. The number of rotatable bonds is 5. The van der Waals surface area contributed by atoms with Crippen LogP contribution in [0.3, 0.4) is 0 Å². The maximum absolute atomic E-state index is 6.09. The molecule has 0 spiro atoms. The van der Waals surface area contributed by atoms with Gasteiger partial charge in [-0.1, -0.05) is 50.4 Å². The molecule has 0 aliphatic carbocycles. The van der Waals surface area contributed by atoms with Crippen molar-refractivity contribution in [2.45, 2.75) is 26.3 Å². The quantitative estimate of drug-likeness (QED) is 0.577. The lowest BCUT2D eigenvalue weighted by Crippen LogP contribution is -2.22. The maximum Gasteiger partial charge on any atom is 0.0931 e. The van der Waals surface area contributed by atoms with Gasteiger partial charge >= 0.3 is 0 Å². The second-order valence-electron chi connectivity index (χ2n) is 4.65. The van der Waals surface area contributed by atoms with Crippen LogP contribution in [0, 0.1) is 6.92 Å². The van der Waals surface area contributed by atoms with Crippen LogP contribution in [0.15, 0.2) is 33.2 Å². The zero-order valence-electron chi connectivity index (χ0n) is 11.3. The average molecular weight is 438 g/mol. The highest BCUT2D eigenvalue weighted by molar-refractivity contribution is 9.11. The van der Waals surface area contributed by atoms with Gasteiger partial charge in [-0.3, -0.25) is 0 Å². The zero-order chi connectivity index (χ0) is 14.7. The fourth-order valence-electron chi connectivity index (χ4n) is 2.02. The zero-order valence-corrected chi connectivity index (χ0v) is 16.1. The molecular formula is C15H16Br2ClNS. The third-order valence-corrected chi connectivity index (χ3v) is 5.90. The van der Waals surface area contributed by atoms with Gasteiger partial charge in [-0.2, -0.15) is 0 Å². The molecule has 2 rings (SSSR count). The predicted molar refractivity (Wildman–Crippen MR) is 96.0 cm³/mol. The SMILES string of the molecule is CCCNC(c1ccc(Cl)s1)c1cc(Br)c(C)cc1Br. The molecule has 1 atom stereocenters. The molecule has 1 unspecified atom stereocenters. The predicted octanol–water partition coefficient (Wildman–Crippen LogP) is 6.32. The second-order valence-corrected chi connectivity index (χ2v) is 8.11. The Kier molecular flexibility index (Phi) is 6.11. The van der Waals surface area contributed by atoms with Crippen LogP contribution in [-0.2, 0) is 0 Å². The van der Waals surface area contributed by atoms with Gasteiger partial charge < -0.3 is 5.32 Å². The standard InChI is InChI=1S/C15H16Br2ClNS/c1-3-6-19-15(13-4-5-14(18)20-13)10-8-11(16)9(2)7-12(10)17/h4-5,7-8,15,19H,3,6H2,1-2H3. The summed E-state index contributed by atoms with van der Waals surface area (Å²) in [5.41, 5.74) is 2.45. The molecule has 20 heavy (non-hydrogen) atoms. The number of hydrogen-bond donors (Lipinski definition) is 1. The molecule has 108 valence electrons. The van der Waals surface area contributed by atoms with Gasteiger partial charge in [-0.25, -0.2) is 0 Å². The van der Waals surface area contributed by atoms with Crippen molar-refractivity contribution in [3.63, 3.8) is 0 Å². The molecular weight excluding hydrogens is 422 g/mol. The van der Waals surface area contributed by atoms with Gasteiger partial charge in [-0.05, 0) is 55.3 Å². The number of aryl methyl sites for hydroxylation is 1. The van der Waals surface area contributed by atoms with Crippen molar-refractivity contribution in [2.75, 3.05) is 6.54 Å². The molecule has 1 aromatic carbocycles. The Bertz CT molecular complexity index is 598. The van der Waals surface area contributed by atoms with E-state index in [9.17, 15) is 0 Å². The molecule has 2 aromatic rings. The lowest BCUT2D eigenvalue weighted by atomic mass is 10.0. The van der Waals surface area contributed by atoms with Gasteiger partial charge in [0.25, 0.3) is 0 Å². The van der Waals surface area contributed by atoms with Crippen LogP contribution in [0.2, 0.25) is 4.34 Å². The maximum atomic E-state index is 6.09. The summed E-state index contributed by atoms with van der Waals surface area (Å²) >= 11 is 15.0. The Labute approximate surface area is 146 Å². The van der Waals surface area contributed by atoms with Gasteiger partial charge in [0.2, 0.25) is 0 Å². The Hall–Kier alpha value is 0.130. The Morgan fingerprint density at radius 2 is 2.00 bits per heavy atom. The van der Waals surface area contributed by atoms with Crippen LogP contribution in [0.5, 0.6) is 0 Å². The molecule has 1 aromatic heterocycles. The molecule has 0 amide bonds. The van der Waals surface area contributed by atoms with Crippen LogP contribution in [-0.4, -0.2) is 6.54 Å². The van der Waals surface area contributed by atoms with E-state index in [1.54, 1.807) is 11.3 Å². The first-order valence-corrected chi connectivity index (χ1v) is 9.25. The first-order valence-electron chi connectivity index (χ1n) is 6.47. The van der Waals surface area contributed by atoms with Crippen LogP contribution < -0.4 is 5.32 Å². The minimum atomic E-state index is 0.165. The number of thiophene rings is 1. The molecule has 0 saturated carbocycles. The molecule has 0 saturated heterocycles. The number of benzene rings is 1. The first kappa shape index (κ1) is 16.5. The topological polar surface area (TPSA) is 12.0 Å². The van der Waals surface area contributed by atoms with E-state index in [0.29, 0.717) is 0 Å². The lowest BCUT2D eigenvalue weighted by molar-refractivity contribution is 0.604. The van der Waals surface area contributed by atoms with E-state index in [1.807, 2.05) is 6.07 Å². The molecule has 0 bridgehead atoms. The summed E-state index contributed by atoms with van der Waals surface area (Å²) in [6, 6.07) is 8.55. The highest BCUT2D eigenvalue weighted by Gasteiger charge is 2.19. The molecule has 1 nitrogen and oxygen atoms in total. The summed E-state index contributed by atoms with van der Waals surface area (Å²) in [7, 11) is 0. The van der Waals surface area contributed by atoms with Gasteiger partial charge in [0, 0.05) is 13.8 Å². The van der Waals surface area contributed by atoms with Crippen LogP contribution >= 0.6 is 54.8 Å². The Balaban J connectivity index is 2.43. The lowest BCUT2D eigenvalue weighted by Gasteiger charge is -2.20. The summed E-state index contributed by atoms with van der Waals surface area (Å²) in [5.74, 6) is 0. The fraction of sp³-hybridized carbons (Fsp3) is 0.333. The van der Waals surface area contributed by atoms with E-state index in [0.717, 1.165) is 26.2 Å². The van der Waals surface area contributed by atoms with Gasteiger partial charge in [0.1, 0.15) is 0 Å². The van der Waals surface area contributed by atoms with E-state index in [-0.39, 0.29) is 6.04 Å². The van der Waals surface area contributed by atoms with E-state index in [4.69, 9.17) is 11.6 Å². The fourth-order valence-corrected chi connectivity index (χ4v) is 4.22. The van der Waals surface area contributed by atoms with Crippen molar-refractivity contribution in [3.8, 4) is 0 Å². The van der Waals surface area contributed by atoms with E-state index in [2.05, 4.69) is 69.2 Å². The average Bonchev–Trinajstić information content (AvgIpc) is 2.82. The normalized spacial score (nSPS) is 12.7. The monoisotopic (exact) mass is 435 g/mol. The van der Waals surface area contributed by atoms with Gasteiger partial charge in [0.05, 0.1) is 10.4 Å². The van der Waals surface area contributed by atoms with Crippen molar-refractivity contribution in [3.05, 3.63) is 53.6 Å². The molecule has 0 fully saturated rings. The molecule has 0 aliphatic rings. The molecule has 1 N–H and O–H groups in total. The van der Waals surface area contributed by atoms with Gasteiger partial charge in [0.15, 0.2) is 0 Å². The second kappa shape index (κ2) is 7.41. The van der Waals surface area contributed by atoms with Crippen LogP contribution in [0.25, 0.3) is 0 Å². The van der Waals surface area contributed by atoms with Crippen molar-refractivity contribution in [1.82, 2.24) is 5.32 Å². The highest BCUT2D eigenvalue weighted by Crippen LogP contribution is 2.36. The van der Waals surface area contributed by atoms with Crippen molar-refractivity contribution in [2.24, 2.45) is 0 Å². The smallest absolute Gasteiger partial charge is 0.0931 e. The first-order chi connectivity index (χ1) is 9.52. The van der Waals surface area contributed by atoms with Crippen LogP contribution in [0.1, 0.15) is 35.4 Å². The number of hydrogen-bond acceptors (Lipinski definition) is 2. The minimum absolute atomic E-state index is 0.165. The number of nitrogens with one attached hydrogen (secondary N) is 1. The Morgan fingerprint density at radius 3 is 2.60 bits per heavy atom. The summed E-state index contributed by atoms with van der Waals surface area (Å²) in [5, 5.41) is 3.60. The summed E-state index contributed by atoms with van der Waals surface area (Å²) in [4.78, 5) is 1.24. The third-order valence-electron chi connectivity index (χ3n) is 3.07. The van der Waals surface area contributed by atoms with Crippen LogP contribution in [0.4, 0.5) is 0 Å². The molecule has 0 radical (unpaired) electrons. The summed E-state index contributed by atoms with van der Waals surface area (Å²) < 4.78 is 3.07. The van der Waals surface area contributed by atoms with E-state index < -0.39 is 0 Å². The molecule has 5 heteroatoms. The van der Waals surface area contributed by atoms with Gasteiger partial charge in [-0.15, -0.1) is 11.3 Å². The summed E-state index contributed by atoms with van der Waals surface area (Å²) in [6.07, 6.45) is 1.10. The molecule has 0 aliphatic heterocycles. The number of halogens is 3. The highest BCUT2D eigenvalue weighted by atomic mass is 79.9. The van der Waals surface area contributed by atoms with Crippen molar-refractivity contribution in [1.29, 1.82) is 0 Å². The van der Waals surface area contributed by atoms with E-state index >= 15 is 0 Å².